The van der Waals surface area contributed by atoms with Crippen molar-refractivity contribution in [3.8, 4) is 0 Å². The van der Waals surface area contributed by atoms with E-state index in [0.29, 0.717) is 12.2 Å². The summed E-state index contributed by atoms with van der Waals surface area (Å²) in [4.78, 5) is 19.1. The zero-order valence-electron chi connectivity index (χ0n) is 4.57. The number of carboxylic acid groups (broad SMARTS) is 2. The predicted molar refractivity (Wildman–Crippen MR) is 30.2 cm³/mol. The van der Waals surface area contributed by atoms with E-state index in [0.717, 1.165) is 0 Å². The van der Waals surface area contributed by atoms with Crippen LogP contribution in [-0.4, -0.2) is 71.0 Å². The number of aliphatic carboxylic acids is 2. The Bertz CT molecular complexity index is 124. The van der Waals surface area contributed by atoms with Crippen LogP contribution >= 0.6 is 0 Å². The first-order chi connectivity index (χ1) is 3.63. The SMILES string of the molecule is O=C(O)/C=C\C(=O)O.[Ba]. The molecule has 0 heterocycles. The third kappa shape index (κ3) is 11.7. The second-order valence-electron chi connectivity index (χ2n) is 1.01. The van der Waals surface area contributed by atoms with Crippen LogP contribution in [0.15, 0.2) is 12.2 Å². The van der Waals surface area contributed by atoms with Crippen molar-refractivity contribution in [3.63, 3.8) is 0 Å². The largest absolute Gasteiger partial charge is 0.478 e. The fraction of sp³-hybridized carbons (Fsp3) is 0. The molecule has 9 heavy (non-hydrogen) atoms. The number of hydrogen-bond acceptors (Lipinski definition) is 2. The van der Waals surface area contributed by atoms with E-state index in [1.54, 1.807) is 0 Å². The Hall–Kier alpha value is 0.251. The van der Waals surface area contributed by atoms with E-state index < -0.39 is 11.9 Å². The third-order valence-electron chi connectivity index (χ3n) is 0.368. The molecule has 0 aromatic rings. The standard InChI is InChI=1S/C4H4O4.Ba/c5-3(6)1-2-4(7)8;/h1-2H,(H,5,6)(H,7,8);/b2-1-;. The molecule has 2 N–H and O–H groups in total. The van der Waals surface area contributed by atoms with Crippen LogP contribution in [0.5, 0.6) is 0 Å². The molecule has 0 aliphatic rings. The van der Waals surface area contributed by atoms with Gasteiger partial charge < -0.3 is 10.2 Å². The molecule has 2 radical (unpaired) electrons. The molecule has 0 spiro atoms. The predicted octanol–water partition coefficient (Wildman–Crippen LogP) is -0.669. The molecule has 0 saturated carbocycles. The quantitative estimate of drug-likeness (QED) is 0.506. The minimum atomic E-state index is -1.26. The van der Waals surface area contributed by atoms with E-state index in [1.165, 1.54) is 0 Å². The number of rotatable bonds is 2. The summed E-state index contributed by atoms with van der Waals surface area (Å²) >= 11 is 0. The van der Waals surface area contributed by atoms with Gasteiger partial charge in [0.05, 0.1) is 0 Å². The molecule has 0 unspecified atom stereocenters. The van der Waals surface area contributed by atoms with Crippen molar-refractivity contribution in [3.05, 3.63) is 12.2 Å². The van der Waals surface area contributed by atoms with E-state index in [2.05, 4.69) is 0 Å². The smallest absolute Gasteiger partial charge is 0.328 e. The van der Waals surface area contributed by atoms with Gasteiger partial charge >= 0.3 is 11.9 Å². The second kappa shape index (κ2) is 6.37. The Morgan fingerprint density at radius 3 is 1.33 bits per heavy atom. The average Bonchev–Trinajstić information content (AvgIpc) is 1.61. The molecule has 0 amide bonds. The van der Waals surface area contributed by atoms with Gasteiger partial charge in [-0.3, -0.25) is 0 Å². The van der Waals surface area contributed by atoms with Gasteiger partial charge in [-0.25, -0.2) is 9.59 Å². The summed E-state index contributed by atoms with van der Waals surface area (Å²) in [6.07, 6.45) is 1.12. The molecular formula is C4H4BaO4. The Balaban J connectivity index is 0. The minimum absolute atomic E-state index is 0. The van der Waals surface area contributed by atoms with Gasteiger partial charge in [-0.15, -0.1) is 0 Å². The van der Waals surface area contributed by atoms with E-state index in [4.69, 9.17) is 10.2 Å². The molecule has 5 heteroatoms. The summed E-state index contributed by atoms with van der Waals surface area (Å²) < 4.78 is 0. The van der Waals surface area contributed by atoms with E-state index >= 15 is 0 Å². The third-order valence-corrected chi connectivity index (χ3v) is 0.368. The van der Waals surface area contributed by atoms with Gasteiger partial charge in [0, 0.05) is 61.0 Å². The van der Waals surface area contributed by atoms with Gasteiger partial charge in [-0.1, -0.05) is 0 Å². The molecule has 0 atom stereocenters. The van der Waals surface area contributed by atoms with Crippen molar-refractivity contribution in [2.75, 3.05) is 0 Å². The Labute approximate surface area is 91.6 Å². The van der Waals surface area contributed by atoms with Crippen molar-refractivity contribution < 1.29 is 19.8 Å². The Morgan fingerprint density at radius 1 is 1.00 bits per heavy atom. The maximum Gasteiger partial charge on any atom is 0.328 e. The fourth-order valence-corrected chi connectivity index (χ4v) is 0.143. The molecule has 0 saturated heterocycles. The van der Waals surface area contributed by atoms with Gasteiger partial charge in [0.1, 0.15) is 0 Å². The monoisotopic (exact) mass is 254 g/mol. The van der Waals surface area contributed by atoms with Gasteiger partial charge in [0.15, 0.2) is 0 Å². The van der Waals surface area contributed by atoms with Crippen LogP contribution in [0.2, 0.25) is 0 Å². The molecule has 0 aromatic carbocycles. The molecule has 0 aliphatic heterocycles. The van der Waals surface area contributed by atoms with Gasteiger partial charge in [0.25, 0.3) is 0 Å². The first kappa shape index (κ1) is 12.0. The molecule has 46 valence electrons. The van der Waals surface area contributed by atoms with Crippen LogP contribution in [0.25, 0.3) is 0 Å². The molecule has 4 nitrogen and oxygen atoms in total. The summed E-state index contributed by atoms with van der Waals surface area (Å²) in [5.74, 6) is -2.51. The average molecular weight is 253 g/mol. The number of hydrogen-bond donors (Lipinski definition) is 2. The van der Waals surface area contributed by atoms with Crippen LogP contribution in [0.3, 0.4) is 0 Å². The fourth-order valence-electron chi connectivity index (χ4n) is 0.143. The normalized spacial score (nSPS) is 8.44. The molecule has 0 aromatic heterocycles. The van der Waals surface area contributed by atoms with Crippen molar-refractivity contribution in [1.82, 2.24) is 0 Å². The topological polar surface area (TPSA) is 74.6 Å². The summed E-state index contributed by atoms with van der Waals surface area (Å²) in [7, 11) is 0. The summed E-state index contributed by atoms with van der Waals surface area (Å²) in [6.45, 7) is 0. The molecule has 0 rings (SSSR count). The van der Waals surface area contributed by atoms with E-state index in [-0.39, 0.29) is 48.9 Å². The van der Waals surface area contributed by atoms with E-state index in [9.17, 15) is 9.59 Å². The van der Waals surface area contributed by atoms with Crippen LogP contribution in [-0.2, 0) is 9.59 Å². The van der Waals surface area contributed by atoms with Crippen LogP contribution in [0.1, 0.15) is 0 Å². The maximum atomic E-state index is 9.55. The summed E-state index contributed by atoms with van der Waals surface area (Å²) in [5, 5.41) is 15.6. The summed E-state index contributed by atoms with van der Waals surface area (Å²) in [6, 6.07) is 0. The molecular weight excluding hydrogens is 249 g/mol. The maximum absolute atomic E-state index is 9.55. The zero-order chi connectivity index (χ0) is 6.57. The van der Waals surface area contributed by atoms with Crippen molar-refractivity contribution >= 4 is 60.8 Å². The Morgan fingerprint density at radius 2 is 1.22 bits per heavy atom. The van der Waals surface area contributed by atoms with Crippen molar-refractivity contribution in [2.45, 2.75) is 0 Å². The van der Waals surface area contributed by atoms with Crippen LogP contribution in [0, 0.1) is 0 Å². The van der Waals surface area contributed by atoms with E-state index in [1.807, 2.05) is 0 Å². The second-order valence-corrected chi connectivity index (χ2v) is 1.01. The summed E-state index contributed by atoms with van der Waals surface area (Å²) in [5.41, 5.74) is 0. The van der Waals surface area contributed by atoms with Gasteiger partial charge in [-0.05, 0) is 0 Å². The molecule has 0 aliphatic carbocycles. The van der Waals surface area contributed by atoms with Crippen LogP contribution < -0.4 is 0 Å². The zero-order valence-corrected chi connectivity index (χ0v) is 9.01. The first-order valence-corrected chi connectivity index (χ1v) is 1.77. The van der Waals surface area contributed by atoms with Crippen LogP contribution in [0.4, 0.5) is 0 Å². The van der Waals surface area contributed by atoms with Crippen molar-refractivity contribution in [2.24, 2.45) is 0 Å². The van der Waals surface area contributed by atoms with Gasteiger partial charge in [-0.2, -0.15) is 0 Å². The molecule has 0 fully saturated rings. The molecule has 0 bridgehead atoms. The Kier molecular flexibility index (Phi) is 8.48. The first-order valence-electron chi connectivity index (χ1n) is 1.77. The minimum Gasteiger partial charge on any atom is -0.478 e. The van der Waals surface area contributed by atoms with Gasteiger partial charge in [0.2, 0.25) is 0 Å². The number of carboxylic acids is 2. The number of carbonyl (C=O) groups is 2. The van der Waals surface area contributed by atoms with Crippen molar-refractivity contribution in [1.29, 1.82) is 0 Å².